The second kappa shape index (κ2) is 14.8. The average molecular weight is 724 g/mol. The summed E-state index contributed by atoms with van der Waals surface area (Å²) in [6.45, 7) is 10.2. The molecule has 2 aliphatic heterocycles. The van der Waals surface area contributed by atoms with Crippen molar-refractivity contribution in [2.24, 2.45) is 0 Å². The molecule has 0 fully saturated rings. The molecule has 7 rings (SSSR count). The van der Waals surface area contributed by atoms with E-state index in [1.165, 1.54) is 11.1 Å². The zero-order valence-electron chi connectivity index (χ0n) is 30.8. The van der Waals surface area contributed by atoms with Crippen molar-refractivity contribution >= 4 is 53.8 Å². The average Bonchev–Trinajstić information content (AvgIpc) is 3.49. The summed E-state index contributed by atoms with van der Waals surface area (Å²) in [5.41, 5.74) is 11.7. The van der Waals surface area contributed by atoms with E-state index in [0.29, 0.717) is 24.0 Å². The largest absolute Gasteiger partial charge is 0.488 e. The summed E-state index contributed by atoms with van der Waals surface area (Å²) in [5, 5.41) is 40.1. The van der Waals surface area contributed by atoms with Crippen LogP contribution in [0.25, 0.3) is 0 Å². The van der Waals surface area contributed by atoms with Crippen LogP contribution in [0.1, 0.15) is 69.2 Å². The van der Waals surface area contributed by atoms with Crippen molar-refractivity contribution in [2.75, 3.05) is 4.90 Å². The number of anilines is 1. The minimum absolute atomic E-state index is 0.257. The van der Waals surface area contributed by atoms with Crippen molar-refractivity contribution in [2.45, 2.75) is 70.9 Å². The number of hydrogen-bond acceptors (Lipinski definition) is 5. The molecule has 0 radical (unpaired) electrons. The van der Waals surface area contributed by atoms with Crippen LogP contribution in [-0.2, 0) is 23.9 Å². The van der Waals surface area contributed by atoms with Crippen molar-refractivity contribution in [1.82, 2.24) is 0 Å². The summed E-state index contributed by atoms with van der Waals surface area (Å²) >= 11 is 7.27. The molecule has 3 aliphatic rings. The summed E-state index contributed by atoms with van der Waals surface area (Å²) in [6, 6.07) is 31.9. The van der Waals surface area contributed by atoms with Gasteiger partial charge in [0, 0.05) is 51.6 Å². The number of para-hydroxylation sites is 2. The Bertz CT molecular complexity index is 2220. The van der Waals surface area contributed by atoms with Crippen LogP contribution in [0.5, 0.6) is 0 Å². The molecule has 0 unspecified atom stereocenters. The quantitative estimate of drug-likeness (QED) is 0.115. The summed E-state index contributed by atoms with van der Waals surface area (Å²) in [5.74, 6) is 0. The molecule has 0 saturated heterocycles. The molecule has 0 aromatic heterocycles. The fourth-order valence-electron chi connectivity index (χ4n) is 8.26. The van der Waals surface area contributed by atoms with Gasteiger partial charge in [0.1, 0.15) is 0 Å². The van der Waals surface area contributed by atoms with E-state index < -0.39 is 14.2 Å². The molecule has 0 saturated carbocycles. The van der Waals surface area contributed by atoms with Crippen molar-refractivity contribution in [3.63, 3.8) is 0 Å². The minimum Gasteiger partial charge on any atom is -0.423 e. The van der Waals surface area contributed by atoms with Gasteiger partial charge in [0.25, 0.3) is 0 Å². The Hall–Kier alpha value is -4.43. The van der Waals surface area contributed by atoms with Gasteiger partial charge in [-0.15, -0.1) is 0 Å². The van der Waals surface area contributed by atoms with Gasteiger partial charge in [-0.05, 0) is 78.5 Å². The number of hydrogen-bond donors (Lipinski definition) is 4. The van der Waals surface area contributed by atoms with E-state index >= 15 is 0 Å². The number of allylic oxidation sites excluding steroid dienone is 8. The standard InChI is InChI=1S/C44H46B2ClN2O4/c1-43(2)36-18-5-7-20-38(36)48(28-30-12-9-16-34(26-30)45(50)51)40(43)24-22-32-14-11-15-33(42(32)47)23-25-41-44(3,4)37-19-6-8-21-39(37)49(41)29-31-13-10-17-35(27-31)46(52)53/h5-10,12-13,16-27,50-53H,11,14-15,28-29H2,1-4H3/q+1. The second-order valence-corrected chi connectivity index (χ2v) is 15.7. The molecule has 4 N–H and O–H groups in total. The fourth-order valence-corrected chi connectivity index (χ4v) is 8.57. The predicted octanol–water partition coefficient (Wildman–Crippen LogP) is 6.66. The molecule has 9 heteroatoms. The third kappa shape index (κ3) is 7.15. The lowest BCUT2D eigenvalue weighted by molar-refractivity contribution is -0.455. The first-order valence-electron chi connectivity index (χ1n) is 18.4. The number of halogens is 1. The third-order valence-electron chi connectivity index (χ3n) is 11.1. The maximum Gasteiger partial charge on any atom is 0.488 e. The monoisotopic (exact) mass is 723 g/mol. The molecule has 0 atom stereocenters. The maximum absolute atomic E-state index is 9.82. The highest BCUT2D eigenvalue weighted by molar-refractivity contribution is 6.59. The number of nitrogens with zero attached hydrogens (tertiary/aromatic N) is 2. The molecule has 4 aromatic carbocycles. The summed E-state index contributed by atoms with van der Waals surface area (Å²) in [4.78, 5) is 2.33. The second-order valence-electron chi connectivity index (χ2n) is 15.3. The topological polar surface area (TPSA) is 87.2 Å². The molecule has 0 bridgehead atoms. The highest BCUT2D eigenvalue weighted by Crippen LogP contribution is 2.48. The Labute approximate surface area is 318 Å². The number of rotatable bonds is 9. The van der Waals surface area contributed by atoms with Crippen LogP contribution in [0.3, 0.4) is 0 Å². The summed E-state index contributed by atoms with van der Waals surface area (Å²) in [6.07, 6.45) is 11.6. The summed E-state index contributed by atoms with van der Waals surface area (Å²) in [7, 11) is -3.04. The van der Waals surface area contributed by atoms with Crippen LogP contribution in [0.4, 0.5) is 11.4 Å². The van der Waals surface area contributed by atoms with E-state index in [0.717, 1.165) is 69.4 Å². The Morgan fingerprint density at radius 3 is 2.08 bits per heavy atom. The van der Waals surface area contributed by atoms with Gasteiger partial charge in [-0.1, -0.05) is 123 Å². The van der Waals surface area contributed by atoms with Gasteiger partial charge >= 0.3 is 14.2 Å². The van der Waals surface area contributed by atoms with Crippen LogP contribution in [0.15, 0.2) is 143 Å². The zero-order chi connectivity index (χ0) is 37.5. The summed E-state index contributed by atoms with van der Waals surface area (Å²) < 4.78 is 2.33. The lowest BCUT2D eigenvalue weighted by Crippen LogP contribution is -2.31. The lowest BCUT2D eigenvalue weighted by Gasteiger charge is -2.27. The molecular formula is C44H46B2ClN2O4+. The van der Waals surface area contributed by atoms with Crippen LogP contribution in [0, 0.1) is 0 Å². The molecule has 4 aromatic rings. The lowest BCUT2D eigenvalue weighted by atomic mass is 9.79. The van der Waals surface area contributed by atoms with Gasteiger partial charge < -0.3 is 25.0 Å². The molecule has 0 spiro atoms. The highest BCUT2D eigenvalue weighted by Gasteiger charge is 2.44. The molecule has 53 heavy (non-hydrogen) atoms. The number of benzene rings is 4. The van der Waals surface area contributed by atoms with Crippen LogP contribution < -0.4 is 15.8 Å². The van der Waals surface area contributed by atoms with Gasteiger partial charge in [0.2, 0.25) is 5.69 Å². The molecular weight excluding hydrogens is 678 g/mol. The van der Waals surface area contributed by atoms with E-state index in [-0.39, 0.29) is 10.8 Å². The first-order chi connectivity index (χ1) is 25.4. The van der Waals surface area contributed by atoms with Crippen LogP contribution in [-0.4, -0.2) is 44.6 Å². The van der Waals surface area contributed by atoms with E-state index in [2.05, 4.69) is 110 Å². The van der Waals surface area contributed by atoms with Crippen LogP contribution >= 0.6 is 11.6 Å². The third-order valence-corrected chi connectivity index (χ3v) is 11.6. The smallest absolute Gasteiger partial charge is 0.423 e. The first kappa shape index (κ1) is 36.9. The molecule has 6 nitrogen and oxygen atoms in total. The van der Waals surface area contributed by atoms with Crippen molar-refractivity contribution in [1.29, 1.82) is 0 Å². The van der Waals surface area contributed by atoms with Gasteiger partial charge in [-0.25, -0.2) is 0 Å². The molecule has 268 valence electrons. The fraction of sp³-hybridized carbons (Fsp3) is 0.250. The first-order valence-corrected chi connectivity index (χ1v) is 18.7. The van der Waals surface area contributed by atoms with E-state index in [1.807, 2.05) is 36.4 Å². The van der Waals surface area contributed by atoms with E-state index in [9.17, 15) is 20.1 Å². The van der Waals surface area contributed by atoms with Crippen LogP contribution in [0.2, 0.25) is 0 Å². The van der Waals surface area contributed by atoms with Gasteiger partial charge in [-0.2, -0.15) is 4.58 Å². The Morgan fingerprint density at radius 2 is 1.36 bits per heavy atom. The van der Waals surface area contributed by atoms with Gasteiger partial charge in [-0.3, -0.25) is 0 Å². The number of fused-ring (bicyclic) bond motifs is 2. The molecule has 0 amide bonds. The Balaban J connectivity index is 1.24. The predicted molar refractivity (Wildman–Crippen MR) is 218 cm³/mol. The Morgan fingerprint density at radius 1 is 0.717 bits per heavy atom. The van der Waals surface area contributed by atoms with Gasteiger partial charge in [0.15, 0.2) is 12.3 Å². The van der Waals surface area contributed by atoms with Crippen molar-refractivity contribution < 1.29 is 24.7 Å². The Kier molecular flexibility index (Phi) is 10.3. The zero-order valence-corrected chi connectivity index (χ0v) is 31.6. The maximum atomic E-state index is 9.82. The highest BCUT2D eigenvalue weighted by atomic mass is 35.5. The molecule has 2 heterocycles. The SMILES string of the molecule is CC1(C)C(=C/C=C2\CCCC(/C=C/C3=[N+](Cc4cccc(B(O)O)c4)c4ccccc4C3(C)C)=C2Cl)N(Cc2cccc(B(O)O)c2)c2ccccc21. The van der Waals surface area contributed by atoms with Gasteiger partial charge in [0.05, 0.1) is 5.41 Å². The van der Waals surface area contributed by atoms with E-state index in [1.54, 1.807) is 12.1 Å². The van der Waals surface area contributed by atoms with Crippen molar-refractivity contribution in [3.8, 4) is 0 Å². The molecule has 1 aliphatic carbocycles. The van der Waals surface area contributed by atoms with Crippen molar-refractivity contribution in [3.05, 3.63) is 165 Å². The van der Waals surface area contributed by atoms with E-state index in [4.69, 9.17) is 11.6 Å². The minimum atomic E-state index is -1.52. The normalized spacial score (nSPS) is 19.1.